The van der Waals surface area contributed by atoms with Crippen molar-refractivity contribution in [1.29, 1.82) is 0 Å². The third-order valence-corrected chi connectivity index (χ3v) is 1.79. The van der Waals surface area contributed by atoms with Crippen molar-refractivity contribution in [3.8, 4) is 0 Å². The van der Waals surface area contributed by atoms with Gasteiger partial charge in [0, 0.05) is 6.61 Å². The van der Waals surface area contributed by atoms with Crippen LogP contribution in [0.15, 0.2) is 0 Å². The second kappa shape index (κ2) is 5.06. The van der Waals surface area contributed by atoms with Crippen LogP contribution >= 0.6 is 0 Å². The van der Waals surface area contributed by atoms with Crippen LogP contribution in [0.5, 0.6) is 0 Å². The number of carbonyl (C=O) groups is 1. The number of halogens is 3. The summed E-state index contributed by atoms with van der Waals surface area (Å²) in [6, 6.07) is 0. The first-order chi connectivity index (χ1) is 7.50. The highest BCUT2D eigenvalue weighted by Crippen LogP contribution is 2.30. The minimum absolute atomic E-state index is 0.0347. The zero-order valence-electron chi connectivity index (χ0n) is 8.49. The monoisotopic (exact) mass is 237 g/mol. The predicted octanol–water partition coefficient (Wildman–Crippen LogP) is 1.15. The molecule has 16 heavy (non-hydrogen) atoms. The molecule has 0 spiro atoms. The van der Waals surface area contributed by atoms with E-state index in [4.69, 9.17) is 4.74 Å². The average molecular weight is 237 g/mol. The minimum Gasteiger partial charge on any atom is -0.380 e. The van der Waals surface area contributed by atoms with Gasteiger partial charge in [-0.05, 0) is 6.92 Å². The number of hydrogen-bond acceptors (Lipinski definition) is 4. The van der Waals surface area contributed by atoms with Gasteiger partial charge in [-0.25, -0.2) is 4.68 Å². The normalized spacial score (nSPS) is 11.8. The van der Waals surface area contributed by atoms with Gasteiger partial charge in [-0.1, -0.05) is 5.21 Å². The molecule has 0 unspecified atom stereocenters. The van der Waals surface area contributed by atoms with E-state index >= 15 is 0 Å². The highest BCUT2D eigenvalue weighted by Gasteiger charge is 2.39. The zero-order valence-corrected chi connectivity index (χ0v) is 8.49. The molecule has 1 aromatic rings. The fourth-order valence-corrected chi connectivity index (χ4v) is 1.15. The van der Waals surface area contributed by atoms with Crippen molar-refractivity contribution in [2.45, 2.75) is 19.6 Å². The molecule has 1 heterocycles. The van der Waals surface area contributed by atoms with Gasteiger partial charge in [0.15, 0.2) is 17.7 Å². The van der Waals surface area contributed by atoms with Gasteiger partial charge in [-0.3, -0.25) is 4.79 Å². The molecule has 0 aliphatic carbocycles. The molecule has 0 bridgehead atoms. The summed E-state index contributed by atoms with van der Waals surface area (Å²) in [5, 5.41) is 6.41. The largest absolute Gasteiger partial charge is 0.435 e. The summed E-state index contributed by atoms with van der Waals surface area (Å²) >= 11 is 0. The lowest BCUT2D eigenvalue weighted by molar-refractivity contribution is -0.144. The molecule has 0 N–H and O–H groups in total. The molecule has 0 aromatic carbocycles. The quantitative estimate of drug-likeness (QED) is 0.569. The van der Waals surface area contributed by atoms with Gasteiger partial charge >= 0.3 is 6.18 Å². The van der Waals surface area contributed by atoms with Gasteiger partial charge in [0.2, 0.25) is 0 Å². The summed E-state index contributed by atoms with van der Waals surface area (Å²) < 4.78 is 43.1. The molecule has 0 fully saturated rings. The van der Waals surface area contributed by atoms with Crippen LogP contribution in [0.4, 0.5) is 13.2 Å². The molecule has 90 valence electrons. The maximum atomic E-state index is 12.5. The summed E-state index contributed by atoms with van der Waals surface area (Å²) in [4.78, 5) is 10.4. The molecular formula is C8H10F3N3O2. The van der Waals surface area contributed by atoms with Crippen molar-refractivity contribution >= 4 is 6.29 Å². The molecule has 0 radical (unpaired) electrons. The number of carbonyl (C=O) groups excluding carboxylic acids is 1. The molecular weight excluding hydrogens is 227 g/mol. The van der Waals surface area contributed by atoms with Gasteiger partial charge < -0.3 is 4.74 Å². The number of nitrogens with zero attached hydrogens (tertiary/aromatic N) is 3. The molecule has 0 saturated heterocycles. The van der Waals surface area contributed by atoms with E-state index in [9.17, 15) is 18.0 Å². The first-order valence-corrected chi connectivity index (χ1v) is 4.54. The molecule has 8 heteroatoms. The van der Waals surface area contributed by atoms with Crippen molar-refractivity contribution in [1.82, 2.24) is 15.0 Å². The van der Waals surface area contributed by atoms with Gasteiger partial charge in [0.25, 0.3) is 0 Å². The SMILES string of the molecule is CCOCCn1nnc(C=O)c1C(F)(F)F. The Bertz CT molecular complexity index is 362. The maximum absolute atomic E-state index is 12.5. The van der Waals surface area contributed by atoms with Crippen molar-refractivity contribution in [3.63, 3.8) is 0 Å². The third-order valence-electron chi connectivity index (χ3n) is 1.79. The predicted molar refractivity (Wildman–Crippen MR) is 46.9 cm³/mol. The Labute approximate surface area is 89.2 Å². The molecule has 0 aliphatic heterocycles. The van der Waals surface area contributed by atoms with Crippen LogP contribution in [0.2, 0.25) is 0 Å². The zero-order chi connectivity index (χ0) is 12.2. The standard InChI is InChI=1S/C8H10F3N3O2/c1-2-16-4-3-14-7(8(9,10)11)6(5-15)12-13-14/h5H,2-4H2,1H3. The molecule has 0 aliphatic rings. The second-order valence-corrected chi connectivity index (χ2v) is 2.86. The van der Waals surface area contributed by atoms with Gasteiger partial charge in [-0.15, -0.1) is 5.10 Å². The highest BCUT2D eigenvalue weighted by atomic mass is 19.4. The first-order valence-electron chi connectivity index (χ1n) is 4.54. The minimum atomic E-state index is -4.65. The fraction of sp³-hybridized carbons (Fsp3) is 0.625. The Morgan fingerprint density at radius 3 is 2.69 bits per heavy atom. The van der Waals surface area contributed by atoms with Crippen LogP contribution in [0.3, 0.4) is 0 Å². The molecule has 1 rings (SSSR count). The Kier molecular flexibility index (Phi) is 3.99. The first kappa shape index (κ1) is 12.6. The third kappa shape index (κ3) is 2.78. The Morgan fingerprint density at radius 1 is 1.50 bits per heavy atom. The fourth-order valence-electron chi connectivity index (χ4n) is 1.15. The van der Waals surface area contributed by atoms with Crippen LogP contribution in [0.25, 0.3) is 0 Å². The number of aldehydes is 1. The van der Waals surface area contributed by atoms with E-state index in [1.165, 1.54) is 0 Å². The molecule has 0 saturated carbocycles. The van der Waals surface area contributed by atoms with E-state index in [1.54, 1.807) is 6.92 Å². The van der Waals surface area contributed by atoms with Crippen LogP contribution in [-0.4, -0.2) is 34.5 Å². The lowest BCUT2D eigenvalue weighted by atomic mass is 10.3. The van der Waals surface area contributed by atoms with Crippen LogP contribution in [0.1, 0.15) is 23.1 Å². The van der Waals surface area contributed by atoms with E-state index in [1.807, 2.05) is 0 Å². The van der Waals surface area contributed by atoms with Crippen LogP contribution in [-0.2, 0) is 17.5 Å². The van der Waals surface area contributed by atoms with Crippen molar-refractivity contribution in [2.75, 3.05) is 13.2 Å². The number of alkyl halides is 3. The van der Waals surface area contributed by atoms with E-state index in [0.29, 0.717) is 11.3 Å². The van der Waals surface area contributed by atoms with Crippen molar-refractivity contribution in [2.24, 2.45) is 0 Å². The summed E-state index contributed by atoms with van der Waals surface area (Å²) in [6.07, 6.45) is -4.61. The van der Waals surface area contributed by atoms with E-state index in [0.717, 1.165) is 0 Å². The van der Waals surface area contributed by atoms with Crippen molar-refractivity contribution < 1.29 is 22.7 Å². The molecule has 5 nitrogen and oxygen atoms in total. The smallest absolute Gasteiger partial charge is 0.380 e. The summed E-state index contributed by atoms with van der Waals surface area (Å²) in [5.74, 6) is 0. The summed E-state index contributed by atoms with van der Waals surface area (Å²) in [5.41, 5.74) is -1.84. The van der Waals surface area contributed by atoms with Crippen LogP contribution < -0.4 is 0 Å². The molecule has 0 atom stereocenters. The summed E-state index contributed by atoms with van der Waals surface area (Å²) in [6.45, 7) is 2.12. The van der Waals surface area contributed by atoms with Crippen LogP contribution in [0, 0.1) is 0 Å². The number of aromatic nitrogens is 3. The molecule has 1 aromatic heterocycles. The van der Waals surface area contributed by atoms with E-state index in [2.05, 4.69) is 10.3 Å². The number of rotatable bonds is 5. The highest BCUT2D eigenvalue weighted by molar-refractivity contribution is 5.73. The lowest BCUT2D eigenvalue weighted by Crippen LogP contribution is -2.18. The van der Waals surface area contributed by atoms with Gasteiger partial charge in [0.1, 0.15) is 0 Å². The van der Waals surface area contributed by atoms with Gasteiger partial charge in [0.05, 0.1) is 13.2 Å². The number of ether oxygens (including phenoxy) is 1. The van der Waals surface area contributed by atoms with E-state index in [-0.39, 0.29) is 19.4 Å². The second-order valence-electron chi connectivity index (χ2n) is 2.86. The van der Waals surface area contributed by atoms with Crippen molar-refractivity contribution in [3.05, 3.63) is 11.4 Å². The maximum Gasteiger partial charge on any atom is 0.435 e. The van der Waals surface area contributed by atoms with E-state index < -0.39 is 17.6 Å². The van der Waals surface area contributed by atoms with Gasteiger partial charge in [-0.2, -0.15) is 13.2 Å². The summed E-state index contributed by atoms with van der Waals surface area (Å²) in [7, 11) is 0. The number of hydrogen-bond donors (Lipinski definition) is 0. The average Bonchev–Trinajstić information content (AvgIpc) is 2.61. The topological polar surface area (TPSA) is 57.0 Å². The Hall–Kier alpha value is -1.44. The molecule has 0 amide bonds. The Balaban J connectivity index is 2.92. The lowest BCUT2D eigenvalue weighted by Gasteiger charge is -2.09. The Morgan fingerprint density at radius 2 is 2.19 bits per heavy atom.